The van der Waals surface area contributed by atoms with E-state index < -0.39 is 18.0 Å². The van der Waals surface area contributed by atoms with Crippen LogP contribution < -0.4 is 5.32 Å². The summed E-state index contributed by atoms with van der Waals surface area (Å²) in [5, 5.41) is 1.48. The van der Waals surface area contributed by atoms with Gasteiger partial charge in [0.2, 0.25) is 0 Å². The Labute approximate surface area is 83.1 Å². The Morgan fingerprint density at radius 2 is 1.67 bits per heavy atom. The summed E-state index contributed by atoms with van der Waals surface area (Å²) in [4.78, 5) is 10.5. The van der Waals surface area contributed by atoms with Crippen LogP contribution in [-0.2, 0) is 4.79 Å². The lowest BCUT2D eigenvalue weighted by atomic mass is 10.3. The summed E-state index contributed by atoms with van der Waals surface area (Å²) in [6.07, 6.45) is -4.54. The third kappa shape index (κ3) is 3.85. The quantitative estimate of drug-likeness (QED) is 0.585. The zero-order valence-electron chi connectivity index (χ0n) is 8.08. The van der Waals surface area contributed by atoms with Crippen molar-refractivity contribution in [2.24, 2.45) is 0 Å². The molecule has 0 radical (unpaired) electrons. The zero-order chi connectivity index (χ0) is 12.3. The summed E-state index contributed by atoms with van der Waals surface area (Å²) in [5.74, 6) is -7.69. The minimum atomic E-state index is -5.86. The van der Waals surface area contributed by atoms with Crippen molar-refractivity contribution in [3.63, 3.8) is 0 Å². The van der Waals surface area contributed by atoms with Crippen LogP contribution in [0, 0.1) is 0 Å². The molecule has 0 bridgehead atoms. The van der Waals surface area contributed by atoms with Crippen molar-refractivity contribution in [2.75, 3.05) is 6.54 Å². The van der Waals surface area contributed by atoms with E-state index in [0.717, 1.165) is 0 Å². The molecule has 88 valence electrons. The Bertz CT molecular complexity index is 265. The van der Waals surface area contributed by atoms with Gasteiger partial charge < -0.3 is 5.32 Å². The SMILES string of the molecule is CC(C)=CCNC(=O)C(F)(F)C(F)(F)F. The monoisotopic (exact) mass is 231 g/mol. The highest BCUT2D eigenvalue weighted by molar-refractivity contribution is 5.84. The highest BCUT2D eigenvalue weighted by Crippen LogP contribution is 2.35. The molecular formula is C8H10F5NO. The third-order valence-electron chi connectivity index (χ3n) is 1.41. The Morgan fingerprint density at radius 1 is 1.20 bits per heavy atom. The molecule has 0 atom stereocenters. The molecular weight excluding hydrogens is 221 g/mol. The predicted molar refractivity (Wildman–Crippen MR) is 43.4 cm³/mol. The summed E-state index contributed by atoms with van der Waals surface area (Å²) in [5.41, 5.74) is 0.700. The number of hydrogen-bond donors (Lipinski definition) is 1. The van der Waals surface area contributed by atoms with E-state index in [-0.39, 0.29) is 6.54 Å². The van der Waals surface area contributed by atoms with E-state index in [2.05, 4.69) is 0 Å². The van der Waals surface area contributed by atoms with Gasteiger partial charge in [0.05, 0.1) is 0 Å². The largest absolute Gasteiger partial charge is 0.463 e. The number of alkyl halides is 5. The number of nitrogens with one attached hydrogen (secondary N) is 1. The number of allylic oxidation sites excluding steroid dienone is 1. The van der Waals surface area contributed by atoms with Gasteiger partial charge in [0, 0.05) is 6.54 Å². The van der Waals surface area contributed by atoms with Gasteiger partial charge in [0.25, 0.3) is 0 Å². The van der Waals surface area contributed by atoms with Gasteiger partial charge in [-0.25, -0.2) is 0 Å². The topological polar surface area (TPSA) is 29.1 Å². The Kier molecular flexibility index (Phi) is 4.24. The molecule has 15 heavy (non-hydrogen) atoms. The maximum Gasteiger partial charge on any atom is 0.463 e. The molecule has 0 fully saturated rings. The Balaban J connectivity index is 4.40. The summed E-state index contributed by atoms with van der Waals surface area (Å²) < 4.78 is 59.5. The second kappa shape index (κ2) is 4.59. The van der Waals surface area contributed by atoms with Gasteiger partial charge in [-0.3, -0.25) is 4.79 Å². The number of hydrogen-bond acceptors (Lipinski definition) is 1. The lowest BCUT2D eigenvalue weighted by molar-refractivity contribution is -0.269. The molecule has 1 amide bonds. The van der Waals surface area contributed by atoms with Crippen LogP contribution in [0.4, 0.5) is 22.0 Å². The van der Waals surface area contributed by atoms with E-state index in [1.807, 2.05) is 0 Å². The molecule has 0 heterocycles. The first-order valence-electron chi connectivity index (χ1n) is 3.95. The first-order valence-corrected chi connectivity index (χ1v) is 3.95. The van der Waals surface area contributed by atoms with E-state index in [4.69, 9.17) is 0 Å². The molecule has 1 N–H and O–H groups in total. The van der Waals surface area contributed by atoms with E-state index in [1.54, 1.807) is 13.8 Å². The van der Waals surface area contributed by atoms with Crippen LogP contribution in [0.25, 0.3) is 0 Å². The van der Waals surface area contributed by atoms with Crippen LogP contribution in [0.2, 0.25) is 0 Å². The lowest BCUT2D eigenvalue weighted by Gasteiger charge is -2.18. The molecule has 0 aliphatic carbocycles. The molecule has 2 nitrogen and oxygen atoms in total. The van der Waals surface area contributed by atoms with Gasteiger partial charge in [0.15, 0.2) is 0 Å². The average Bonchev–Trinajstić information content (AvgIpc) is 2.01. The van der Waals surface area contributed by atoms with Crippen molar-refractivity contribution < 1.29 is 26.7 Å². The van der Waals surface area contributed by atoms with E-state index in [1.165, 1.54) is 11.4 Å². The molecule has 0 aliphatic heterocycles. The Hall–Kier alpha value is -1.14. The van der Waals surface area contributed by atoms with E-state index >= 15 is 0 Å². The normalized spacial score (nSPS) is 12.2. The summed E-state index contributed by atoms with van der Waals surface area (Å²) >= 11 is 0. The highest BCUT2D eigenvalue weighted by Gasteiger charge is 2.63. The summed E-state index contributed by atoms with van der Waals surface area (Å²) in [6, 6.07) is 0. The minimum Gasteiger partial charge on any atom is -0.347 e. The summed E-state index contributed by atoms with van der Waals surface area (Å²) in [7, 11) is 0. The molecule has 7 heteroatoms. The maximum absolute atomic E-state index is 12.3. The van der Waals surface area contributed by atoms with Crippen molar-refractivity contribution in [1.82, 2.24) is 5.32 Å². The standard InChI is InChI=1S/C8H10F5NO/c1-5(2)3-4-14-6(15)7(9,10)8(11,12)13/h3H,4H2,1-2H3,(H,14,15). The zero-order valence-corrected chi connectivity index (χ0v) is 8.08. The molecule has 0 saturated carbocycles. The van der Waals surface area contributed by atoms with Gasteiger partial charge in [0.1, 0.15) is 0 Å². The van der Waals surface area contributed by atoms with Crippen LogP contribution in [0.15, 0.2) is 11.6 Å². The van der Waals surface area contributed by atoms with Crippen molar-refractivity contribution in [2.45, 2.75) is 25.9 Å². The second-order valence-electron chi connectivity index (χ2n) is 3.06. The number of rotatable bonds is 3. The van der Waals surface area contributed by atoms with Crippen LogP contribution >= 0.6 is 0 Å². The van der Waals surface area contributed by atoms with Gasteiger partial charge in [-0.15, -0.1) is 0 Å². The minimum absolute atomic E-state index is 0.354. The van der Waals surface area contributed by atoms with Crippen molar-refractivity contribution >= 4 is 5.91 Å². The van der Waals surface area contributed by atoms with Gasteiger partial charge >= 0.3 is 18.0 Å². The van der Waals surface area contributed by atoms with Crippen molar-refractivity contribution in [3.8, 4) is 0 Å². The fourth-order valence-corrected chi connectivity index (χ4v) is 0.588. The van der Waals surface area contributed by atoms with Crippen molar-refractivity contribution in [3.05, 3.63) is 11.6 Å². The molecule has 0 rings (SSSR count). The molecule has 0 aliphatic rings. The first kappa shape index (κ1) is 13.9. The average molecular weight is 231 g/mol. The van der Waals surface area contributed by atoms with E-state index in [9.17, 15) is 26.7 Å². The van der Waals surface area contributed by atoms with Crippen molar-refractivity contribution in [1.29, 1.82) is 0 Å². The van der Waals surface area contributed by atoms with Gasteiger partial charge in [-0.1, -0.05) is 11.6 Å². The fraction of sp³-hybridized carbons (Fsp3) is 0.625. The van der Waals surface area contributed by atoms with Gasteiger partial charge in [-0.05, 0) is 13.8 Å². The number of carbonyl (C=O) groups is 1. The predicted octanol–water partition coefficient (Wildman–Crippen LogP) is 2.27. The second-order valence-corrected chi connectivity index (χ2v) is 3.06. The molecule has 0 spiro atoms. The lowest BCUT2D eigenvalue weighted by Crippen LogP contribution is -2.50. The van der Waals surface area contributed by atoms with Crippen LogP contribution in [0.3, 0.4) is 0 Å². The summed E-state index contributed by atoms with van der Waals surface area (Å²) in [6.45, 7) is 2.88. The smallest absolute Gasteiger partial charge is 0.347 e. The molecule has 0 aromatic carbocycles. The Morgan fingerprint density at radius 3 is 2.00 bits per heavy atom. The maximum atomic E-state index is 12.3. The highest BCUT2D eigenvalue weighted by atomic mass is 19.4. The third-order valence-corrected chi connectivity index (χ3v) is 1.41. The van der Waals surface area contributed by atoms with E-state index in [0.29, 0.717) is 5.57 Å². The molecule has 0 aromatic rings. The number of amides is 1. The van der Waals surface area contributed by atoms with Crippen LogP contribution in [0.1, 0.15) is 13.8 Å². The molecule has 0 unspecified atom stereocenters. The fourth-order valence-electron chi connectivity index (χ4n) is 0.588. The molecule has 0 aromatic heterocycles. The van der Waals surface area contributed by atoms with Crippen LogP contribution in [0.5, 0.6) is 0 Å². The first-order chi connectivity index (χ1) is 6.59. The van der Waals surface area contributed by atoms with Gasteiger partial charge in [-0.2, -0.15) is 22.0 Å². The molecule has 0 saturated heterocycles. The van der Waals surface area contributed by atoms with Crippen LogP contribution in [-0.4, -0.2) is 24.6 Å². The number of carbonyl (C=O) groups excluding carboxylic acids is 1. The number of halogens is 5.